The van der Waals surface area contributed by atoms with Gasteiger partial charge in [0.2, 0.25) is 9.84 Å². The van der Waals surface area contributed by atoms with Crippen LogP contribution in [0.5, 0.6) is 11.5 Å². The number of ether oxygens (including phenoxy) is 2. The molecule has 0 radical (unpaired) electrons. The summed E-state index contributed by atoms with van der Waals surface area (Å²) >= 11 is 0. The molecule has 0 saturated carbocycles. The van der Waals surface area contributed by atoms with Gasteiger partial charge >= 0.3 is 24.2 Å². The normalized spacial score (nSPS) is 10.9. The second kappa shape index (κ2) is 8.16. The number of benzene rings is 2. The van der Waals surface area contributed by atoms with Gasteiger partial charge in [-0.15, -0.1) is 0 Å². The summed E-state index contributed by atoms with van der Waals surface area (Å²) in [5.74, 6) is -0.725. The average Bonchev–Trinajstić information content (AvgIpc) is 2.62. The first kappa shape index (κ1) is 20.4. The molecule has 0 fully saturated rings. The fraction of sp³-hybridized carbons (Fsp3) is 0. The molecule has 0 atom stereocenters. The Morgan fingerprint density at radius 3 is 1.15 bits per heavy atom. The van der Waals surface area contributed by atoms with Gasteiger partial charge in [-0.1, -0.05) is 0 Å². The van der Waals surface area contributed by atoms with Gasteiger partial charge < -0.3 is 9.47 Å². The maximum absolute atomic E-state index is 12.7. The molecule has 2 rings (SSSR count). The van der Waals surface area contributed by atoms with Gasteiger partial charge in [0.25, 0.3) is 0 Å². The highest BCUT2D eigenvalue weighted by molar-refractivity contribution is 7.91. The monoisotopic (exact) mass is 410 g/mol. The molecule has 0 bridgehead atoms. The van der Waals surface area contributed by atoms with E-state index in [1.807, 2.05) is 0 Å². The molecule has 0 aliphatic heterocycles. The molecule has 144 valence electrons. The van der Waals surface area contributed by atoms with E-state index in [0.29, 0.717) is 0 Å². The highest BCUT2D eigenvalue weighted by atomic mass is 32.2. The Hall–Kier alpha value is -2.95. The van der Waals surface area contributed by atoms with E-state index in [1.165, 1.54) is 0 Å². The van der Waals surface area contributed by atoms with Crippen molar-refractivity contribution < 1.29 is 44.2 Å². The number of sulfone groups is 1. The Kier molecular flexibility index (Phi) is 6.16. The molecule has 2 aromatic rings. The smallest absolute Gasteiger partial charge is 0.344 e. The van der Waals surface area contributed by atoms with E-state index >= 15 is 0 Å². The predicted molar refractivity (Wildman–Crippen MR) is 80.3 cm³/mol. The SMILES string of the molecule is O=S(=O)(c1ccc(OC(F)=C(F)F)cc1)c1ccc(OC(F)=C(F)F)cc1. The van der Waals surface area contributed by atoms with Crippen molar-refractivity contribution in [3.63, 3.8) is 0 Å². The third-order valence-electron chi connectivity index (χ3n) is 2.98. The zero-order chi connectivity index (χ0) is 20.2. The van der Waals surface area contributed by atoms with Crippen LogP contribution in [-0.2, 0) is 9.84 Å². The fourth-order valence-electron chi connectivity index (χ4n) is 1.79. The summed E-state index contributed by atoms with van der Waals surface area (Å²) in [7, 11) is -4.08. The second-order valence-corrected chi connectivity index (χ2v) is 6.67. The van der Waals surface area contributed by atoms with Crippen LogP contribution in [0.2, 0.25) is 0 Å². The molecule has 27 heavy (non-hydrogen) atoms. The summed E-state index contributed by atoms with van der Waals surface area (Å²) in [6.45, 7) is 0. The largest absolute Gasteiger partial charge is 0.428 e. The Balaban J connectivity index is 2.23. The van der Waals surface area contributed by atoms with Gasteiger partial charge in [-0.25, -0.2) is 8.42 Å². The minimum Gasteiger partial charge on any atom is -0.428 e. The summed E-state index contributed by atoms with van der Waals surface area (Å²) < 4.78 is 106. The van der Waals surface area contributed by atoms with Crippen molar-refractivity contribution in [3.05, 3.63) is 72.7 Å². The third-order valence-corrected chi connectivity index (χ3v) is 4.77. The minimum atomic E-state index is -4.08. The Labute approximate surface area is 148 Å². The van der Waals surface area contributed by atoms with Crippen molar-refractivity contribution >= 4 is 9.84 Å². The fourth-order valence-corrected chi connectivity index (χ4v) is 3.05. The molecular weight excluding hydrogens is 402 g/mol. The molecule has 2 aromatic carbocycles. The van der Waals surface area contributed by atoms with Crippen LogP contribution in [0.15, 0.2) is 82.5 Å². The van der Waals surface area contributed by atoms with Crippen LogP contribution < -0.4 is 9.47 Å². The van der Waals surface area contributed by atoms with Crippen molar-refractivity contribution in [2.75, 3.05) is 0 Å². The summed E-state index contributed by atoms with van der Waals surface area (Å²) in [6, 6.07) is 3.53. The van der Waals surface area contributed by atoms with Crippen LogP contribution in [0, 0.1) is 0 Å². The standard InChI is InChI=1S/C16H8F6O4S/c17-13(18)15(21)25-9-1-5-11(6-2-9)27(23,24)12-7-3-10(4-8-12)26-16(22)14(19)20/h1-8H. The lowest BCUT2D eigenvalue weighted by Gasteiger charge is -2.07. The first-order chi connectivity index (χ1) is 12.6. The summed E-state index contributed by atoms with van der Waals surface area (Å²) in [4.78, 5) is -0.566. The van der Waals surface area contributed by atoms with Crippen LogP contribution in [-0.4, -0.2) is 8.42 Å². The molecular formula is C16H8F6O4S. The molecule has 0 aliphatic carbocycles. The van der Waals surface area contributed by atoms with Crippen LogP contribution >= 0.6 is 0 Å². The maximum atomic E-state index is 12.7. The van der Waals surface area contributed by atoms with Crippen molar-refractivity contribution in [1.29, 1.82) is 0 Å². The van der Waals surface area contributed by atoms with Crippen LogP contribution in [0.25, 0.3) is 0 Å². The van der Waals surface area contributed by atoms with Crippen molar-refractivity contribution in [1.82, 2.24) is 0 Å². The van der Waals surface area contributed by atoms with Gasteiger partial charge in [-0.2, -0.15) is 26.3 Å². The quantitative estimate of drug-likeness (QED) is 0.476. The second-order valence-electron chi connectivity index (χ2n) is 4.72. The van der Waals surface area contributed by atoms with E-state index in [-0.39, 0.29) is 21.3 Å². The average molecular weight is 410 g/mol. The summed E-state index contributed by atoms with van der Waals surface area (Å²) in [6.07, 6.45) is -5.35. The third kappa shape index (κ3) is 5.03. The zero-order valence-corrected chi connectivity index (χ0v) is 13.7. The van der Waals surface area contributed by atoms with Crippen LogP contribution in [0.3, 0.4) is 0 Å². The molecule has 0 unspecified atom stereocenters. The van der Waals surface area contributed by atoms with E-state index in [1.54, 1.807) is 0 Å². The molecule has 0 saturated heterocycles. The Morgan fingerprint density at radius 1 is 0.593 bits per heavy atom. The minimum absolute atomic E-state index is 0.283. The van der Waals surface area contributed by atoms with E-state index in [4.69, 9.17) is 0 Å². The van der Waals surface area contributed by atoms with Crippen LogP contribution in [0.1, 0.15) is 0 Å². The van der Waals surface area contributed by atoms with Crippen molar-refractivity contribution in [2.45, 2.75) is 9.79 Å². The van der Waals surface area contributed by atoms with Crippen molar-refractivity contribution in [3.8, 4) is 11.5 Å². The van der Waals surface area contributed by atoms with Gasteiger partial charge in [0.15, 0.2) is 0 Å². The molecule has 0 N–H and O–H groups in total. The van der Waals surface area contributed by atoms with Crippen molar-refractivity contribution in [2.24, 2.45) is 0 Å². The summed E-state index contributed by atoms with van der Waals surface area (Å²) in [5.41, 5.74) is 0. The highest BCUT2D eigenvalue weighted by Crippen LogP contribution is 2.27. The molecule has 0 spiro atoms. The Bertz CT molecular complexity index is 899. The lowest BCUT2D eigenvalue weighted by Crippen LogP contribution is -2.02. The first-order valence-electron chi connectivity index (χ1n) is 6.83. The Morgan fingerprint density at radius 2 is 0.889 bits per heavy atom. The highest BCUT2D eigenvalue weighted by Gasteiger charge is 2.19. The van der Waals surface area contributed by atoms with E-state index in [0.717, 1.165) is 48.5 Å². The number of rotatable bonds is 6. The predicted octanol–water partition coefficient (Wildman–Crippen LogP) is 5.35. The zero-order valence-electron chi connectivity index (χ0n) is 12.9. The van der Waals surface area contributed by atoms with Gasteiger partial charge in [0.05, 0.1) is 9.79 Å². The topological polar surface area (TPSA) is 52.6 Å². The molecule has 0 aliphatic rings. The van der Waals surface area contributed by atoms with E-state index < -0.39 is 34.0 Å². The van der Waals surface area contributed by atoms with E-state index in [2.05, 4.69) is 9.47 Å². The van der Waals surface area contributed by atoms with Gasteiger partial charge in [0.1, 0.15) is 11.5 Å². The number of hydrogen-bond acceptors (Lipinski definition) is 4. The summed E-state index contributed by atoms with van der Waals surface area (Å²) in [5, 5.41) is 0. The molecule has 0 heterocycles. The molecule has 4 nitrogen and oxygen atoms in total. The van der Waals surface area contributed by atoms with E-state index in [9.17, 15) is 34.8 Å². The lowest BCUT2D eigenvalue weighted by molar-refractivity contribution is 0.241. The maximum Gasteiger partial charge on any atom is 0.344 e. The molecule has 0 amide bonds. The van der Waals surface area contributed by atoms with Gasteiger partial charge in [-0.3, -0.25) is 0 Å². The van der Waals surface area contributed by atoms with Gasteiger partial charge in [0, 0.05) is 0 Å². The lowest BCUT2D eigenvalue weighted by atomic mass is 10.3. The number of halogens is 6. The molecule has 11 heteroatoms. The first-order valence-corrected chi connectivity index (χ1v) is 8.32. The van der Waals surface area contributed by atoms with Crippen LogP contribution in [0.4, 0.5) is 26.3 Å². The van der Waals surface area contributed by atoms with Gasteiger partial charge in [-0.05, 0) is 48.5 Å². The molecule has 0 aromatic heterocycles. The number of hydrogen-bond donors (Lipinski definition) is 0.